The zero-order valence-electron chi connectivity index (χ0n) is 12.4. The van der Waals surface area contributed by atoms with Crippen LogP contribution in [-0.4, -0.2) is 0 Å². The first-order valence-electron chi connectivity index (χ1n) is 7.05. The van der Waals surface area contributed by atoms with Gasteiger partial charge < -0.3 is 0 Å². The van der Waals surface area contributed by atoms with Crippen LogP contribution < -0.4 is 0 Å². The Bertz CT molecular complexity index is 512. The van der Waals surface area contributed by atoms with Crippen molar-refractivity contribution in [3.05, 3.63) is 69.2 Å². The summed E-state index contributed by atoms with van der Waals surface area (Å²) in [5.74, 6) is 0. The van der Waals surface area contributed by atoms with Gasteiger partial charge >= 0.3 is 0 Å². The second kappa shape index (κ2) is 9.05. The molecule has 0 nitrogen and oxygen atoms in total. The molecular formula is C18H22Cl2. The number of benzene rings is 2. The highest BCUT2D eigenvalue weighted by molar-refractivity contribution is 6.34. The van der Waals surface area contributed by atoms with E-state index in [9.17, 15) is 0 Å². The van der Waals surface area contributed by atoms with Crippen molar-refractivity contribution in [3.8, 4) is 0 Å². The second-order valence-corrected chi connectivity index (χ2v) is 5.74. The predicted octanol–water partition coefficient (Wildman–Crippen LogP) is 6.50. The van der Waals surface area contributed by atoms with E-state index in [1.165, 1.54) is 16.7 Å². The lowest BCUT2D eigenvalue weighted by atomic mass is 10.1. The molecule has 20 heavy (non-hydrogen) atoms. The van der Waals surface area contributed by atoms with Gasteiger partial charge in [0.2, 0.25) is 0 Å². The van der Waals surface area contributed by atoms with Crippen molar-refractivity contribution >= 4 is 23.2 Å². The normalized spacial score (nSPS) is 9.85. The van der Waals surface area contributed by atoms with Crippen molar-refractivity contribution in [2.45, 2.75) is 40.0 Å². The molecule has 2 aromatic carbocycles. The summed E-state index contributed by atoms with van der Waals surface area (Å²) in [5, 5.41) is 1.45. The van der Waals surface area contributed by atoms with Gasteiger partial charge in [0.15, 0.2) is 0 Å². The predicted molar refractivity (Wildman–Crippen MR) is 91.0 cm³/mol. The smallest absolute Gasteiger partial charge is 0.0423 e. The standard InChI is InChI=1S/C9H10Cl2.C9H12/c1-2-3-7-4-8(10)6-9(11)5-7;1-3-9-6-4-5-8(2)7-9/h4-6H,2-3H2,1H3;4-7H,3H2,1-2H3. The third kappa shape index (κ3) is 6.45. The van der Waals surface area contributed by atoms with Crippen LogP contribution in [0.15, 0.2) is 42.5 Å². The minimum Gasteiger partial charge on any atom is -0.0843 e. The van der Waals surface area contributed by atoms with Crippen molar-refractivity contribution in [1.29, 1.82) is 0 Å². The van der Waals surface area contributed by atoms with Gasteiger partial charge in [0.1, 0.15) is 0 Å². The van der Waals surface area contributed by atoms with E-state index in [0.717, 1.165) is 29.3 Å². The van der Waals surface area contributed by atoms with E-state index in [4.69, 9.17) is 23.2 Å². The molecule has 0 spiro atoms. The van der Waals surface area contributed by atoms with E-state index in [1.807, 2.05) is 12.1 Å². The molecule has 0 unspecified atom stereocenters. The van der Waals surface area contributed by atoms with Crippen LogP contribution in [0.2, 0.25) is 10.0 Å². The molecule has 0 fully saturated rings. The lowest BCUT2D eigenvalue weighted by Gasteiger charge is -1.99. The van der Waals surface area contributed by atoms with Gasteiger partial charge in [0, 0.05) is 10.0 Å². The van der Waals surface area contributed by atoms with Crippen LogP contribution in [0.4, 0.5) is 0 Å². The lowest BCUT2D eigenvalue weighted by Crippen LogP contribution is -1.82. The molecule has 0 aliphatic heterocycles. The van der Waals surface area contributed by atoms with E-state index >= 15 is 0 Å². The fraction of sp³-hybridized carbons (Fsp3) is 0.333. The maximum Gasteiger partial charge on any atom is 0.0423 e. The molecule has 0 aromatic heterocycles. The summed E-state index contributed by atoms with van der Waals surface area (Å²) in [7, 11) is 0. The van der Waals surface area contributed by atoms with Crippen LogP contribution >= 0.6 is 23.2 Å². The van der Waals surface area contributed by atoms with Gasteiger partial charge in [-0.15, -0.1) is 0 Å². The van der Waals surface area contributed by atoms with Crippen LogP contribution in [0.5, 0.6) is 0 Å². The monoisotopic (exact) mass is 308 g/mol. The van der Waals surface area contributed by atoms with Crippen LogP contribution in [0.3, 0.4) is 0 Å². The molecule has 2 rings (SSSR count). The summed E-state index contributed by atoms with van der Waals surface area (Å²) in [6, 6.07) is 14.3. The van der Waals surface area contributed by atoms with Gasteiger partial charge in [-0.05, 0) is 49.1 Å². The van der Waals surface area contributed by atoms with Crippen LogP contribution in [0.25, 0.3) is 0 Å². The van der Waals surface area contributed by atoms with E-state index in [2.05, 4.69) is 45.0 Å². The molecule has 2 heteroatoms. The summed E-state index contributed by atoms with van der Waals surface area (Å²) in [5.41, 5.74) is 3.99. The molecule has 0 atom stereocenters. The first-order chi connectivity index (χ1) is 9.55. The molecule has 0 N–H and O–H groups in total. The average Bonchev–Trinajstić information content (AvgIpc) is 2.38. The molecule has 0 saturated carbocycles. The van der Waals surface area contributed by atoms with Crippen molar-refractivity contribution in [3.63, 3.8) is 0 Å². The Hall–Kier alpha value is -0.980. The fourth-order valence-electron chi connectivity index (χ4n) is 1.98. The Labute approximate surface area is 132 Å². The van der Waals surface area contributed by atoms with E-state index < -0.39 is 0 Å². The van der Waals surface area contributed by atoms with Crippen LogP contribution in [0, 0.1) is 6.92 Å². The highest BCUT2D eigenvalue weighted by Gasteiger charge is 1.96. The summed E-state index contributed by atoms with van der Waals surface area (Å²) < 4.78 is 0. The topological polar surface area (TPSA) is 0 Å². The van der Waals surface area contributed by atoms with Gasteiger partial charge in [-0.25, -0.2) is 0 Å². The fourth-order valence-corrected chi connectivity index (χ4v) is 2.55. The Morgan fingerprint density at radius 3 is 1.95 bits per heavy atom. The molecule has 108 valence electrons. The minimum absolute atomic E-state index is 0.723. The van der Waals surface area contributed by atoms with E-state index in [0.29, 0.717) is 0 Å². The molecular weight excluding hydrogens is 287 g/mol. The summed E-state index contributed by atoms with van der Waals surface area (Å²) >= 11 is 11.6. The number of aryl methyl sites for hydroxylation is 3. The van der Waals surface area contributed by atoms with Gasteiger partial charge in [-0.2, -0.15) is 0 Å². The highest BCUT2D eigenvalue weighted by atomic mass is 35.5. The summed E-state index contributed by atoms with van der Waals surface area (Å²) in [6.45, 7) is 6.43. The minimum atomic E-state index is 0.723. The Morgan fingerprint density at radius 2 is 1.50 bits per heavy atom. The number of rotatable bonds is 3. The highest BCUT2D eigenvalue weighted by Crippen LogP contribution is 2.19. The summed E-state index contributed by atoms with van der Waals surface area (Å²) in [6.07, 6.45) is 3.30. The van der Waals surface area contributed by atoms with Crippen molar-refractivity contribution < 1.29 is 0 Å². The maximum absolute atomic E-state index is 5.80. The SMILES string of the molecule is CCCc1cc(Cl)cc(Cl)c1.CCc1cccc(C)c1. The first kappa shape index (κ1) is 17.1. The molecule has 0 aliphatic carbocycles. The Morgan fingerprint density at radius 1 is 0.850 bits per heavy atom. The van der Waals surface area contributed by atoms with Crippen LogP contribution in [-0.2, 0) is 12.8 Å². The quantitative estimate of drug-likeness (QED) is 0.607. The largest absolute Gasteiger partial charge is 0.0843 e. The van der Waals surface area contributed by atoms with Crippen molar-refractivity contribution in [2.75, 3.05) is 0 Å². The lowest BCUT2D eigenvalue weighted by molar-refractivity contribution is 0.922. The van der Waals surface area contributed by atoms with Crippen molar-refractivity contribution in [2.24, 2.45) is 0 Å². The number of hydrogen-bond acceptors (Lipinski definition) is 0. The first-order valence-corrected chi connectivity index (χ1v) is 7.81. The molecule has 0 amide bonds. The van der Waals surface area contributed by atoms with E-state index in [-0.39, 0.29) is 0 Å². The Balaban J connectivity index is 0.000000204. The maximum atomic E-state index is 5.80. The summed E-state index contributed by atoms with van der Waals surface area (Å²) in [4.78, 5) is 0. The third-order valence-electron chi connectivity index (χ3n) is 2.95. The zero-order valence-corrected chi connectivity index (χ0v) is 13.9. The molecule has 2 aromatic rings. The molecule has 0 aliphatic rings. The van der Waals surface area contributed by atoms with Gasteiger partial charge in [0.05, 0.1) is 0 Å². The molecule has 0 bridgehead atoms. The van der Waals surface area contributed by atoms with Crippen LogP contribution in [0.1, 0.15) is 37.0 Å². The Kier molecular flexibility index (Phi) is 7.72. The third-order valence-corrected chi connectivity index (χ3v) is 3.39. The zero-order chi connectivity index (χ0) is 15.0. The van der Waals surface area contributed by atoms with Gasteiger partial charge in [-0.1, -0.05) is 73.3 Å². The van der Waals surface area contributed by atoms with Gasteiger partial charge in [-0.3, -0.25) is 0 Å². The molecule has 0 heterocycles. The molecule has 0 saturated heterocycles. The van der Waals surface area contributed by atoms with E-state index in [1.54, 1.807) is 6.07 Å². The number of halogens is 2. The number of hydrogen-bond donors (Lipinski definition) is 0. The second-order valence-electron chi connectivity index (χ2n) is 4.87. The molecule has 0 radical (unpaired) electrons. The average molecular weight is 309 g/mol. The van der Waals surface area contributed by atoms with Crippen molar-refractivity contribution in [1.82, 2.24) is 0 Å². The van der Waals surface area contributed by atoms with Gasteiger partial charge in [0.25, 0.3) is 0 Å².